The molecule has 0 fully saturated rings. The van der Waals surface area contributed by atoms with Crippen LogP contribution in [0.3, 0.4) is 0 Å². The minimum absolute atomic E-state index is 0.0444. The minimum atomic E-state index is -0.434. The predicted octanol–water partition coefficient (Wildman–Crippen LogP) is 0.730. The molecule has 1 heterocycles. The SMILES string of the molecule is CNCCC(N)c1ccc2[nH]c(=O)oc2c1. The highest BCUT2D eigenvalue weighted by Gasteiger charge is 2.08. The number of hydrogen-bond donors (Lipinski definition) is 3. The van der Waals surface area contributed by atoms with E-state index < -0.39 is 5.76 Å². The molecule has 2 rings (SSSR count). The zero-order chi connectivity index (χ0) is 11.5. The largest absolute Gasteiger partial charge is 0.417 e. The summed E-state index contributed by atoms with van der Waals surface area (Å²) in [7, 11) is 1.89. The molecule has 2 aromatic rings. The maximum absolute atomic E-state index is 11.0. The Balaban J connectivity index is 2.27. The Bertz CT molecular complexity index is 529. The lowest BCUT2D eigenvalue weighted by atomic mass is 10.0. The molecule has 16 heavy (non-hydrogen) atoms. The second-order valence-corrected chi connectivity index (χ2v) is 3.77. The lowest BCUT2D eigenvalue weighted by molar-refractivity contribution is 0.553. The average Bonchev–Trinajstić information content (AvgIpc) is 2.64. The zero-order valence-electron chi connectivity index (χ0n) is 9.12. The Labute approximate surface area is 92.6 Å². The first-order chi connectivity index (χ1) is 7.70. The van der Waals surface area contributed by atoms with Crippen molar-refractivity contribution in [2.24, 2.45) is 5.73 Å². The zero-order valence-corrected chi connectivity index (χ0v) is 9.12. The summed E-state index contributed by atoms with van der Waals surface area (Å²) in [5.74, 6) is -0.434. The van der Waals surface area contributed by atoms with Gasteiger partial charge in [0.1, 0.15) is 0 Å². The van der Waals surface area contributed by atoms with Gasteiger partial charge in [0.25, 0.3) is 0 Å². The lowest BCUT2D eigenvalue weighted by Crippen LogP contribution is -2.17. The predicted molar refractivity (Wildman–Crippen MR) is 62.3 cm³/mol. The third kappa shape index (κ3) is 2.15. The van der Waals surface area contributed by atoms with E-state index in [1.54, 1.807) is 0 Å². The summed E-state index contributed by atoms with van der Waals surface area (Å²) in [6, 6.07) is 5.49. The van der Waals surface area contributed by atoms with Crippen LogP contribution >= 0.6 is 0 Å². The van der Waals surface area contributed by atoms with E-state index in [9.17, 15) is 4.79 Å². The Morgan fingerprint density at radius 2 is 2.38 bits per heavy atom. The molecule has 1 unspecified atom stereocenters. The van der Waals surface area contributed by atoms with Crippen molar-refractivity contribution in [1.82, 2.24) is 10.3 Å². The first-order valence-electron chi connectivity index (χ1n) is 5.23. The van der Waals surface area contributed by atoms with Crippen LogP contribution in [0.15, 0.2) is 27.4 Å². The van der Waals surface area contributed by atoms with Crippen LogP contribution in [0.2, 0.25) is 0 Å². The number of nitrogens with one attached hydrogen (secondary N) is 2. The van der Waals surface area contributed by atoms with Crippen molar-refractivity contribution in [3.05, 3.63) is 34.3 Å². The highest BCUT2D eigenvalue weighted by atomic mass is 16.4. The second kappa shape index (κ2) is 4.51. The van der Waals surface area contributed by atoms with E-state index in [1.165, 1.54) is 0 Å². The maximum Gasteiger partial charge on any atom is 0.417 e. The van der Waals surface area contributed by atoms with E-state index >= 15 is 0 Å². The van der Waals surface area contributed by atoms with Gasteiger partial charge in [0.2, 0.25) is 0 Å². The molecule has 5 heteroatoms. The van der Waals surface area contributed by atoms with Crippen LogP contribution in [0, 0.1) is 0 Å². The minimum Gasteiger partial charge on any atom is -0.408 e. The fraction of sp³-hybridized carbons (Fsp3) is 0.364. The molecular formula is C11H15N3O2. The number of fused-ring (bicyclic) bond motifs is 1. The van der Waals surface area contributed by atoms with Gasteiger partial charge in [-0.1, -0.05) is 6.07 Å². The van der Waals surface area contributed by atoms with Gasteiger partial charge in [0, 0.05) is 6.04 Å². The van der Waals surface area contributed by atoms with Crippen molar-refractivity contribution in [2.45, 2.75) is 12.5 Å². The van der Waals surface area contributed by atoms with E-state index in [4.69, 9.17) is 10.2 Å². The van der Waals surface area contributed by atoms with Crippen molar-refractivity contribution >= 4 is 11.1 Å². The number of aromatic nitrogens is 1. The second-order valence-electron chi connectivity index (χ2n) is 3.77. The summed E-state index contributed by atoms with van der Waals surface area (Å²) in [6.07, 6.45) is 0.844. The Hall–Kier alpha value is -1.59. The van der Waals surface area contributed by atoms with Crippen molar-refractivity contribution in [3.8, 4) is 0 Å². The standard InChI is InChI=1S/C11H15N3O2/c1-13-5-4-8(12)7-2-3-9-10(6-7)16-11(15)14-9/h2-3,6,8,13H,4-5,12H2,1H3,(H,14,15). The number of oxazole rings is 1. The first-order valence-corrected chi connectivity index (χ1v) is 5.23. The highest BCUT2D eigenvalue weighted by molar-refractivity contribution is 5.72. The summed E-state index contributed by atoms with van der Waals surface area (Å²) in [6.45, 7) is 0.857. The molecule has 0 aliphatic heterocycles. The molecule has 1 aromatic heterocycles. The van der Waals surface area contributed by atoms with Gasteiger partial charge in [0.15, 0.2) is 5.58 Å². The van der Waals surface area contributed by atoms with Crippen LogP contribution in [0.5, 0.6) is 0 Å². The molecule has 0 saturated carbocycles. The molecule has 0 radical (unpaired) electrons. The van der Waals surface area contributed by atoms with Crippen molar-refractivity contribution in [1.29, 1.82) is 0 Å². The van der Waals surface area contributed by atoms with E-state index in [0.29, 0.717) is 11.1 Å². The van der Waals surface area contributed by atoms with Gasteiger partial charge in [0.05, 0.1) is 5.52 Å². The summed E-state index contributed by atoms with van der Waals surface area (Å²) >= 11 is 0. The fourth-order valence-electron chi connectivity index (χ4n) is 1.66. The molecule has 4 N–H and O–H groups in total. The van der Waals surface area contributed by atoms with E-state index in [2.05, 4.69) is 10.3 Å². The van der Waals surface area contributed by atoms with Crippen LogP contribution in [-0.2, 0) is 0 Å². The Morgan fingerprint density at radius 1 is 1.56 bits per heavy atom. The number of nitrogens with two attached hydrogens (primary N) is 1. The van der Waals surface area contributed by atoms with E-state index in [-0.39, 0.29) is 6.04 Å². The molecule has 5 nitrogen and oxygen atoms in total. The van der Waals surface area contributed by atoms with Gasteiger partial charge in [-0.25, -0.2) is 4.79 Å². The van der Waals surface area contributed by atoms with Crippen molar-refractivity contribution in [2.75, 3.05) is 13.6 Å². The average molecular weight is 221 g/mol. The summed E-state index contributed by atoms with van der Waals surface area (Å²) in [5.41, 5.74) is 8.25. The summed E-state index contributed by atoms with van der Waals surface area (Å²) in [4.78, 5) is 13.6. The molecule has 0 aliphatic carbocycles. The molecule has 1 aromatic carbocycles. The number of aromatic amines is 1. The van der Waals surface area contributed by atoms with E-state index in [1.807, 2.05) is 25.2 Å². The summed E-state index contributed by atoms with van der Waals surface area (Å²) < 4.78 is 4.98. The van der Waals surface area contributed by atoms with Gasteiger partial charge in [-0.05, 0) is 37.7 Å². The number of benzene rings is 1. The lowest BCUT2D eigenvalue weighted by Gasteiger charge is -2.10. The van der Waals surface area contributed by atoms with Crippen LogP contribution in [-0.4, -0.2) is 18.6 Å². The van der Waals surface area contributed by atoms with Gasteiger partial charge in [-0.3, -0.25) is 4.98 Å². The molecule has 0 spiro atoms. The third-order valence-corrected chi connectivity index (χ3v) is 2.58. The molecule has 0 bridgehead atoms. The third-order valence-electron chi connectivity index (χ3n) is 2.58. The molecular weight excluding hydrogens is 206 g/mol. The number of hydrogen-bond acceptors (Lipinski definition) is 4. The van der Waals surface area contributed by atoms with Crippen LogP contribution in [0.1, 0.15) is 18.0 Å². The van der Waals surface area contributed by atoms with Crippen molar-refractivity contribution < 1.29 is 4.42 Å². The topological polar surface area (TPSA) is 84.0 Å². The van der Waals surface area contributed by atoms with Crippen LogP contribution in [0.4, 0.5) is 0 Å². The quantitative estimate of drug-likeness (QED) is 0.710. The molecule has 0 amide bonds. The van der Waals surface area contributed by atoms with Crippen LogP contribution in [0.25, 0.3) is 11.1 Å². The molecule has 0 aliphatic rings. The maximum atomic E-state index is 11.0. The molecule has 0 saturated heterocycles. The van der Waals surface area contributed by atoms with Crippen LogP contribution < -0.4 is 16.8 Å². The number of rotatable bonds is 4. The van der Waals surface area contributed by atoms with Gasteiger partial charge >= 0.3 is 5.76 Å². The molecule has 1 atom stereocenters. The van der Waals surface area contributed by atoms with Gasteiger partial charge < -0.3 is 15.5 Å². The first kappa shape index (κ1) is 10.9. The van der Waals surface area contributed by atoms with Crippen molar-refractivity contribution in [3.63, 3.8) is 0 Å². The van der Waals surface area contributed by atoms with Gasteiger partial charge in [-0.2, -0.15) is 0 Å². The highest BCUT2D eigenvalue weighted by Crippen LogP contribution is 2.18. The number of H-pyrrole nitrogens is 1. The summed E-state index contributed by atoms with van der Waals surface area (Å²) in [5, 5.41) is 3.05. The normalized spacial score (nSPS) is 13.1. The Morgan fingerprint density at radius 3 is 3.12 bits per heavy atom. The van der Waals surface area contributed by atoms with Gasteiger partial charge in [-0.15, -0.1) is 0 Å². The van der Waals surface area contributed by atoms with E-state index in [0.717, 1.165) is 18.5 Å². The monoisotopic (exact) mass is 221 g/mol. The smallest absolute Gasteiger partial charge is 0.408 e. The Kier molecular flexibility index (Phi) is 3.07. The fourth-order valence-corrected chi connectivity index (χ4v) is 1.66. The molecule has 86 valence electrons.